The number of amides is 1. The van der Waals surface area contributed by atoms with Crippen LogP contribution in [-0.4, -0.2) is 33.9 Å². The number of carbonyl (C=O) groups is 1. The van der Waals surface area contributed by atoms with Gasteiger partial charge in [0.15, 0.2) is 0 Å². The number of benzene rings is 2. The summed E-state index contributed by atoms with van der Waals surface area (Å²) in [7, 11) is 0. The van der Waals surface area contributed by atoms with E-state index in [-0.39, 0.29) is 17.4 Å². The van der Waals surface area contributed by atoms with Gasteiger partial charge in [-0.05, 0) is 43.2 Å². The summed E-state index contributed by atoms with van der Waals surface area (Å²) in [5, 5.41) is 0.357. The van der Waals surface area contributed by atoms with E-state index >= 15 is 0 Å². The van der Waals surface area contributed by atoms with Gasteiger partial charge in [0.25, 0.3) is 5.91 Å². The summed E-state index contributed by atoms with van der Waals surface area (Å²) in [4.78, 5) is 22.4. The Labute approximate surface area is 149 Å². The van der Waals surface area contributed by atoms with E-state index in [1.807, 2.05) is 24.3 Å². The van der Waals surface area contributed by atoms with Gasteiger partial charge in [0, 0.05) is 24.0 Å². The second-order valence-corrected chi connectivity index (χ2v) is 6.79. The number of aromatic nitrogens is 2. The van der Waals surface area contributed by atoms with Crippen molar-refractivity contribution in [2.24, 2.45) is 0 Å². The first-order valence-corrected chi connectivity index (χ1v) is 8.68. The van der Waals surface area contributed by atoms with Crippen molar-refractivity contribution < 1.29 is 9.18 Å². The Morgan fingerprint density at radius 2 is 2.12 bits per heavy atom. The minimum Gasteiger partial charge on any atom is -0.342 e. The number of carbonyl (C=O) groups excluding carboxylic acids is 1. The van der Waals surface area contributed by atoms with Gasteiger partial charge in [-0.1, -0.05) is 23.7 Å². The Bertz CT molecular complexity index is 906. The second kappa shape index (κ2) is 6.48. The first kappa shape index (κ1) is 16.1. The Hall–Kier alpha value is -2.40. The number of halogens is 2. The maximum absolute atomic E-state index is 14.0. The summed E-state index contributed by atoms with van der Waals surface area (Å²) in [6, 6.07) is 11.9. The van der Waals surface area contributed by atoms with Gasteiger partial charge in [-0.3, -0.25) is 4.79 Å². The van der Waals surface area contributed by atoms with E-state index in [9.17, 15) is 9.18 Å². The molecule has 2 aromatic carbocycles. The lowest BCUT2D eigenvalue weighted by atomic mass is 9.96. The van der Waals surface area contributed by atoms with Crippen LogP contribution in [0, 0.1) is 5.82 Å². The standard InChI is InChI=1S/C19H17ClFN3O/c20-13-7-8-15(21)14(10-13)19(25)24-9-3-4-12(11-24)18-22-16-5-1-2-6-17(16)23-18/h1-2,5-8,10,12H,3-4,9,11H2,(H,22,23). The molecule has 25 heavy (non-hydrogen) atoms. The lowest BCUT2D eigenvalue weighted by Gasteiger charge is -2.32. The molecule has 128 valence electrons. The molecule has 0 radical (unpaired) electrons. The van der Waals surface area contributed by atoms with Crippen LogP contribution < -0.4 is 0 Å². The highest BCUT2D eigenvalue weighted by atomic mass is 35.5. The van der Waals surface area contributed by atoms with E-state index in [4.69, 9.17) is 11.6 Å². The Morgan fingerprint density at radius 1 is 1.28 bits per heavy atom. The number of imidazole rings is 1. The molecular weight excluding hydrogens is 341 g/mol. The molecule has 1 aliphatic rings. The number of para-hydroxylation sites is 2. The minimum atomic E-state index is -0.541. The molecule has 0 spiro atoms. The maximum Gasteiger partial charge on any atom is 0.256 e. The topological polar surface area (TPSA) is 49.0 Å². The molecule has 0 saturated carbocycles. The molecule has 1 aliphatic heterocycles. The van der Waals surface area contributed by atoms with Crippen LogP contribution in [0.5, 0.6) is 0 Å². The van der Waals surface area contributed by atoms with Crippen molar-refractivity contribution in [3.05, 3.63) is 64.7 Å². The Balaban J connectivity index is 1.58. The molecule has 2 heterocycles. The zero-order chi connectivity index (χ0) is 17.4. The van der Waals surface area contributed by atoms with Crippen molar-refractivity contribution in [3.8, 4) is 0 Å². The third kappa shape index (κ3) is 3.12. The normalized spacial score (nSPS) is 17.8. The number of fused-ring (bicyclic) bond motifs is 1. The quantitative estimate of drug-likeness (QED) is 0.740. The number of nitrogens with zero attached hydrogens (tertiary/aromatic N) is 2. The molecule has 4 nitrogen and oxygen atoms in total. The average Bonchev–Trinajstić information content (AvgIpc) is 3.07. The van der Waals surface area contributed by atoms with E-state index in [2.05, 4.69) is 9.97 Å². The molecule has 1 N–H and O–H groups in total. The fraction of sp³-hybridized carbons (Fsp3) is 0.263. The molecule has 0 aliphatic carbocycles. The van der Waals surface area contributed by atoms with Crippen molar-refractivity contribution >= 4 is 28.5 Å². The zero-order valence-corrected chi connectivity index (χ0v) is 14.3. The highest BCUT2D eigenvalue weighted by Gasteiger charge is 2.28. The third-order valence-corrected chi connectivity index (χ3v) is 4.90. The fourth-order valence-electron chi connectivity index (χ4n) is 3.38. The molecule has 6 heteroatoms. The molecule has 3 aromatic rings. The summed E-state index contributed by atoms with van der Waals surface area (Å²) in [6.07, 6.45) is 1.80. The summed E-state index contributed by atoms with van der Waals surface area (Å²) in [5.41, 5.74) is 1.93. The Morgan fingerprint density at radius 3 is 2.96 bits per heavy atom. The monoisotopic (exact) mass is 357 g/mol. The summed E-state index contributed by atoms with van der Waals surface area (Å²) in [5.74, 6) is 0.138. The number of rotatable bonds is 2. The van der Waals surface area contributed by atoms with E-state index < -0.39 is 5.82 Å². The van der Waals surface area contributed by atoms with Gasteiger partial charge < -0.3 is 9.88 Å². The number of hydrogen-bond acceptors (Lipinski definition) is 2. The number of hydrogen-bond donors (Lipinski definition) is 1. The second-order valence-electron chi connectivity index (χ2n) is 6.35. The van der Waals surface area contributed by atoms with Gasteiger partial charge in [-0.15, -0.1) is 0 Å². The van der Waals surface area contributed by atoms with Gasteiger partial charge in [0.05, 0.1) is 16.6 Å². The van der Waals surface area contributed by atoms with Crippen molar-refractivity contribution in [2.75, 3.05) is 13.1 Å². The third-order valence-electron chi connectivity index (χ3n) is 4.66. The molecule has 4 rings (SSSR count). The van der Waals surface area contributed by atoms with Crippen molar-refractivity contribution in [1.29, 1.82) is 0 Å². The van der Waals surface area contributed by atoms with Crippen molar-refractivity contribution in [1.82, 2.24) is 14.9 Å². The predicted molar refractivity (Wildman–Crippen MR) is 95.4 cm³/mol. The lowest BCUT2D eigenvalue weighted by molar-refractivity contribution is 0.0700. The highest BCUT2D eigenvalue weighted by molar-refractivity contribution is 6.31. The Kier molecular flexibility index (Phi) is 4.17. The van der Waals surface area contributed by atoms with Crippen LogP contribution in [0.4, 0.5) is 4.39 Å². The molecule has 1 amide bonds. The lowest BCUT2D eigenvalue weighted by Crippen LogP contribution is -2.39. The number of nitrogens with one attached hydrogen (secondary N) is 1. The number of piperidine rings is 1. The van der Waals surface area contributed by atoms with Crippen LogP contribution in [0.2, 0.25) is 5.02 Å². The zero-order valence-electron chi connectivity index (χ0n) is 13.5. The molecule has 1 fully saturated rings. The van der Waals surface area contributed by atoms with Crippen LogP contribution in [0.25, 0.3) is 11.0 Å². The SMILES string of the molecule is O=C(c1cc(Cl)ccc1F)N1CCCC(c2nc3ccccc3[nH]2)C1. The van der Waals surface area contributed by atoms with Gasteiger partial charge >= 0.3 is 0 Å². The molecule has 1 unspecified atom stereocenters. The number of likely N-dealkylation sites (tertiary alicyclic amines) is 1. The van der Waals surface area contributed by atoms with Gasteiger partial charge in [-0.25, -0.2) is 9.37 Å². The molecule has 0 bridgehead atoms. The van der Waals surface area contributed by atoms with Crippen LogP contribution in [0.15, 0.2) is 42.5 Å². The van der Waals surface area contributed by atoms with E-state index in [1.54, 1.807) is 4.90 Å². The van der Waals surface area contributed by atoms with Crippen LogP contribution in [0.3, 0.4) is 0 Å². The van der Waals surface area contributed by atoms with Crippen LogP contribution in [-0.2, 0) is 0 Å². The van der Waals surface area contributed by atoms with Gasteiger partial charge in [0.2, 0.25) is 0 Å². The summed E-state index contributed by atoms with van der Waals surface area (Å²) >= 11 is 5.92. The fourth-order valence-corrected chi connectivity index (χ4v) is 3.55. The molecule has 1 saturated heterocycles. The highest BCUT2D eigenvalue weighted by Crippen LogP contribution is 2.28. The van der Waals surface area contributed by atoms with E-state index in [1.165, 1.54) is 18.2 Å². The van der Waals surface area contributed by atoms with Gasteiger partial charge in [-0.2, -0.15) is 0 Å². The van der Waals surface area contributed by atoms with E-state index in [0.29, 0.717) is 18.1 Å². The molecular formula is C19H17ClFN3O. The summed E-state index contributed by atoms with van der Waals surface area (Å²) < 4.78 is 14.0. The average molecular weight is 358 g/mol. The maximum atomic E-state index is 14.0. The van der Waals surface area contributed by atoms with Crippen LogP contribution >= 0.6 is 11.6 Å². The molecule has 1 atom stereocenters. The largest absolute Gasteiger partial charge is 0.342 e. The van der Waals surface area contributed by atoms with Gasteiger partial charge in [0.1, 0.15) is 11.6 Å². The van der Waals surface area contributed by atoms with Crippen LogP contribution in [0.1, 0.15) is 34.9 Å². The smallest absolute Gasteiger partial charge is 0.256 e. The van der Waals surface area contributed by atoms with E-state index in [0.717, 1.165) is 29.7 Å². The first-order valence-electron chi connectivity index (χ1n) is 8.31. The first-order chi connectivity index (χ1) is 12.1. The number of aromatic amines is 1. The van der Waals surface area contributed by atoms with Crippen molar-refractivity contribution in [2.45, 2.75) is 18.8 Å². The number of H-pyrrole nitrogens is 1. The predicted octanol–water partition coefficient (Wildman–Crippen LogP) is 4.38. The molecule has 1 aromatic heterocycles. The minimum absolute atomic E-state index is 0.0257. The summed E-state index contributed by atoms with van der Waals surface area (Å²) in [6.45, 7) is 1.13. The van der Waals surface area contributed by atoms with Crippen molar-refractivity contribution in [3.63, 3.8) is 0 Å².